The van der Waals surface area contributed by atoms with E-state index in [-0.39, 0.29) is 23.0 Å². The Balaban J connectivity index is 1.59. The molecule has 0 aliphatic rings. The highest BCUT2D eigenvalue weighted by molar-refractivity contribution is 7.92. The Morgan fingerprint density at radius 2 is 1.66 bits per heavy atom. The molecular weight excluding hydrogens is 466 g/mol. The summed E-state index contributed by atoms with van der Waals surface area (Å²) >= 11 is 0. The zero-order valence-electron chi connectivity index (χ0n) is 19.8. The molecule has 9 nitrogen and oxygen atoms in total. The number of aromatic nitrogens is 4. The van der Waals surface area contributed by atoms with Gasteiger partial charge in [0.1, 0.15) is 12.3 Å². The fraction of sp³-hybridized carbons (Fsp3) is 0.200. The summed E-state index contributed by atoms with van der Waals surface area (Å²) in [5.74, 6) is 0.650. The summed E-state index contributed by atoms with van der Waals surface area (Å²) in [5.41, 5.74) is 3.56. The maximum Gasteiger partial charge on any atom is 0.262 e. The van der Waals surface area contributed by atoms with Crippen LogP contribution in [0.3, 0.4) is 0 Å². The summed E-state index contributed by atoms with van der Waals surface area (Å²) in [4.78, 5) is 14.0. The molecule has 180 valence electrons. The van der Waals surface area contributed by atoms with Gasteiger partial charge in [0, 0.05) is 11.1 Å². The predicted molar refractivity (Wildman–Crippen MR) is 132 cm³/mol. The number of anilines is 1. The molecular formula is C25H25N5O4S. The summed E-state index contributed by atoms with van der Waals surface area (Å²) in [6.07, 6.45) is 0. The molecule has 0 saturated heterocycles. The monoisotopic (exact) mass is 491 g/mol. The molecule has 4 aromatic rings. The van der Waals surface area contributed by atoms with Gasteiger partial charge in [-0.15, -0.1) is 10.2 Å². The molecule has 35 heavy (non-hydrogen) atoms. The number of ether oxygens (including phenoxy) is 1. The summed E-state index contributed by atoms with van der Waals surface area (Å²) in [6, 6.07) is 17.2. The molecule has 0 amide bonds. The van der Waals surface area contributed by atoms with Crippen molar-refractivity contribution in [3.63, 3.8) is 0 Å². The first-order chi connectivity index (χ1) is 16.7. The van der Waals surface area contributed by atoms with Gasteiger partial charge in [-0.3, -0.25) is 9.52 Å². The largest absolute Gasteiger partial charge is 0.497 e. The number of carbonyl (C=O) groups is 1. The maximum absolute atomic E-state index is 13.3. The molecule has 10 heteroatoms. The lowest BCUT2D eigenvalue weighted by molar-refractivity contribution is 0.0961. The third kappa shape index (κ3) is 5.22. The van der Waals surface area contributed by atoms with E-state index < -0.39 is 10.0 Å². The number of hydrogen-bond donors (Lipinski definition) is 1. The van der Waals surface area contributed by atoms with Gasteiger partial charge in [0.15, 0.2) is 5.78 Å². The average Bonchev–Trinajstić information content (AvgIpc) is 3.26. The van der Waals surface area contributed by atoms with Crippen molar-refractivity contribution in [1.29, 1.82) is 0 Å². The van der Waals surface area contributed by atoms with Gasteiger partial charge in [-0.05, 0) is 73.5 Å². The van der Waals surface area contributed by atoms with Crippen LogP contribution in [0, 0.1) is 20.8 Å². The van der Waals surface area contributed by atoms with E-state index in [4.69, 9.17) is 4.74 Å². The van der Waals surface area contributed by atoms with Gasteiger partial charge >= 0.3 is 0 Å². The number of tetrazole rings is 1. The Bertz CT molecular complexity index is 1470. The molecule has 0 atom stereocenters. The first kappa shape index (κ1) is 24.1. The summed E-state index contributed by atoms with van der Waals surface area (Å²) < 4.78 is 34.3. The normalized spacial score (nSPS) is 11.3. The Hall–Kier alpha value is -4.05. The summed E-state index contributed by atoms with van der Waals surface area (Å²) in [5, 5.41) is 12.3. The molecule has 0 aliphatic carbocycles. The maximum atomic E-state index is 13.3. The minimum absolute atomic E-state index is 0.116. The van der Waals surface area contributed by atoms with E-state index in [1.807, 2.05) is 19.1 Å². The molecule has 1 heterocycles. The second-order valence-corrected chi connectivity index (χ2v) is 9.79. The Morgan fingerprint density at radius 1 is 1.00 bits per heavy atom. The topological polar surface area (TPSA) is 116 Å². The van der Waals surface area contributed by atoms with Crippen LogP contribution < -0.4 is 9.46 Å². The molecule has 0 radical (unpaired) electrons. The summed E-state index contributed by atoms with van der Waals surface area (Å²) in [6.45, 7) is 5.35. The number of para-hydroxylation sites is 1. The number of aryl methyl sites for hydroxylation is 3. The van der Waals surface area contributed by atoms with Crippen molar-refractivity contribution in [3.8, 4) is 17.1 Å². The zero-order valence-corrected chi connectivity index (χ0v) is 20.6. The molecule has 1 N–H and O–H groups in total. The number of carbonyl (C=O) groups excluding carboxylic acids is 1. The van der Waals surface area contributed by atoms with Crippen LogP contribution in [-0.4, -0.2) is 41.5 Å². The van der Waals surface area contributed by atoms with Crippen molar-refractivity contribution in [2.75, 3.05) is 11.8 Å². The van der Waals surface area contributed by atoms with Gasteiger partial charge < -0.3 is 4.74 Å². The van der Waals surface area contributed by atoms with Gasteiger partial charge in [0.05, 0.1) is 17.7 Å². The van der Waals surface area contributed by atoms with Crippen molar-refractivity contribution in [3.05, 3.63) is 82.9 Å². The van der Waals surface area contributed by atoms with Crippen LogP contribution in [0.4, 0.5) is 5.69 Å². The molecule has 4 rings (SSSR count). The molecule has 0 bridgehead atoms. The van der Waals surface area contributed by atoms with Gasteiger partial charge in [-0.1, -0.05) is 29.8 Å². The van der Waals surface area contributed by atoms with Gasteiger partial charge in [-0.2, -0.15) is 4.80 Å². The standard InChI is InChI=1S/C25H25N5O4S/c1-16-13-17(2)24(18(3)14-16)35(32,33)28-22-8-6-5-7-21(22)25-26-29-30(27-25)15-23(31)19-9-11-20(34-4)12-10-19/h5-14,28H,15H2,1-4H3. The van der Waals surface area contributed by atoms with E-state index in [0.29, 0.717) is 33.7 Å². The second-order valence-electron chi connectivity index (χ2n) is 8.17. The molecule has 0 aliphatic heterocycles. The van der Waals surface area contributed by atoms with E-state index in [1.54, 1.807) is 69.5 Å². The molecule has 0 unspecified atom stereocenters. The number of sulfonamides is 1. The van der Waals surface area contributed by atoms with Crippen molar-refractivity contribution in [2.24, 2.45) is 0 Å². The van der Waals surface area contributed by atoms with Gasteiger partial charge in [-0.25, -0.2) is 8.42 Å². The Kier molecular flexibility index (Phi) is 6.65. The highest BCUT2D eigenvalue weighted by atomic mass is 32.2. The van der Waals surface area contributed by atoms with E-state index in [2.05, 4.69) is 20.1 Å². The number of Topliss-reactive ketones (excluding diaryl/α,β-unsaturated/α-hetero) is 1. The minimum Gasteiger partial charge on any atom is -0.497 e. The van der Waals surface area contributed by atoms with E-state index in [9.17, 15) is 13.2 Å². The Morgan fingerprint density at radius 3 is 2.31 bits per heavy atom. The molecule has 3 aromatic carbocycles. The van der Waals surface area contributed by atoms with E-state index in [0.717, 1.165) is 5.56 Å². The fourth-order valence-corrected chi connectivity index (χ4v) is 5.50. The van der Waals surface area contributed by atoms with Crippen LogP contribution in [0.25, 0.3) is 11.4 Å². The lowest BCUT2D eigenvalue weighted by atomic mass is 10.1. The van der Waals surface area contributed by atoms with Crippen LogP contribution in [0.1, 0.15) is 27.0 Å². The van der Waals surface area contributed by atoms with Crippen molar-refractivity contribution in [2.45, 2.75) is 32.2 Å². The smallest absolute Gasteiger partial charge is 0.262 e. The minimum atomic E-state index is -3.87. The van der Waals surface area contributed by atoms with Gasteiger partial charge in [0.25, 0.3) is 10.0 Å². The van der Waals surface area contributed by atoms with Crippen LogP contribution in [0.2, 0.25) is 0 Å². The number of ketones is 1. The van der Waals surface area contributed by atoms with Crippen LogP contribution in [0.5, 0.6) is 5.75 Å². The third-order valence-corrected chi connectivity index (χ3v) is 7.11. The molecule has 0 saturated carbocycles. The predicted octanol–water partition coefficient (Wildman–Crippen LogP) is 3.96. The highest BCUT2D eigenvalue weighted by Crippen LogP contribution is 2.29. The number of hydrogen-bond acceptors (Lipinski definition) is 7. The van der Waals surface area contributed by atoms with Crippen molar-refractivity contribution >= 4 is 21.5 Å². The van der Waals surface area contributed by atoms with Crippen LogP contribution in [-0.2, 0) is 16.6 Å². The average molecular weight is 492 g/mol. The van der Waals surface area contributed by atoms with E-state index in [1.165, 1.54) is 4.80 Å². The number of methoxy groups -OCH3 is 1. The first-order valence-electron chi connectivity index (χ1n) is 10.8. The lowest BCUT2D eigenvalue weighted by Crippen LogP contribution is -2.16. The molecule has 1 aromatic heterocycles. The van der Waals surface area contributed by atoms with Crippen molar-refractivity contribution < 1.29 is 17.9 Å². The first-order valence-corrected chi connectivity index (χ1v) is 12.3. The van der Waals surface area contributed by atoms with Crippen LogP contribution >= 0.6 is 0 Å². The second kappa shape index (κ2) is 9.67. The number of nitrogens with one attached hydrogen (secondary N) is 1. The third-order valence-electron chi connectivity index (χ3n) is 5.44. The van der Waals surface area contributed by atoms with Crippen LogP contribution in [0.15, 0.2) is 65.6 Å². The summed E-state index contributed by atoms with van der Waals surface area (Å²) in [7, 11) is -2.32. The number of rotatable bonds is 8. The molecule has 0 spiro atoms. The lowest BCUT2D eigenvalue weighted by Gasteiger charge is -2.15. The molecule has 0 fully saturated rings. The zero-order chi connectivity index (χ0) is 25.2. The quantitative estimate of drug-likeness (QED) is 0.371. The van der Waals surface area contributed by atoms with E-state index >= 15 is 0 Å². The SMILES string of the molecule is COc1ccc(C(=O)Cn2nnc(-c3ccccc3NS(=O)(=O)c3c(C)cc(C)cc3C)n2)cc1. The van der Waals surface area contributed by atoms with Gasteiger partial charge in [0.2, 0.25) is 5.82 Å². The number of benzene rings is 3. The number of nitrogens with zero attached hydrogens (tertiary/aromatic N) is 4. The Labute approximate surface area is 203 Å². The van der Waals surface area contributed by atoms with Crippen molar-refractivity contribution in [1.82, 2.24) is 20.2 Å². The fourth-order valence-electron chi connectivity index (χ4n) is 3.97. The highest BCUT2D eigenvalue weighted by Gasteiger charge is 2.22.